The van der Waals surface area contributed by atoms with Gasteiger partial charge in [-0.2, -0.15) is 0 Å². The summed E-state index contributed by atoms with van der Waals surface area (Å²) in [6, 6.07) is 0. The maximum Gasteiger partial charge on any atom is 0.316 e. The number of Topliss-reactive ketones (excluding diaryl/α,β-unsaturated/α-hetero) is 1. The molecule has 2 aliphatic heterocycles. The van der Waals surface area contributed by atoms with Gasteiger partial charge in [0.2, 0.25) is 5.91 Å². The van der Waals surface area contributed by atoms with Crippen LogP contribution in [0.2, 0.25) is 0 Å². The maximum absolute atomic E-state index is 12.2. The second-order valence-corrected chi connectivity index (χ2v) is 6.04. The number of ether oxygens (including phenoxy) is 1. The molecule has 7 heteroatoms. The number of carbonyl (C=O) groups is 3. The van der Waals surface area contributed by atoms with Crippen LogP contribution >= 0.6 is 0 Å². The third-order valence-electron chi connectivity index (χ3n) is 4.50. The predicted octanol–water partition coefficient (Wildman–Crippen LogP) is -0.785. The van der Waals surface area contributed by atoms with E-state index in [2.05, 4.69) is 21.6 Å². The van der Waals surface area contributed by atoms with Crippen molar-refractivity contribution in [3.8, 4) is 0 Å². The lowest BCUT2D eigenvalue weighted by molar-refractivity contribution is -0.154. The Labute approximate surface area is 131 Å². The fourth-order valence-corrected chi connectivity index (χ4v) is 2.91. The van der Waals surface area contributed by atoms with E-state index in [4.69, 9.17) is 0 Å². The van der Waals surface area contributed by atoms with Crippen LogP contribution in [0, 0.1) is 5.92 Å². The van der Waals surface area contributed by atoms with Crippen molar-refractivity contribution in [3.63, 3.8) is 0 Å². The van der Waals surface area contributed by atoms with Gasteiger partial charge < -0.3 is 19.4 Å². The number of likely N-dealkylation sites (tertiary alicyclic amines) is 1. The maximum atomic E-state index is 12.2. The van der Waals surface area contributed by atoms with Crippen molar-refractivity contribution in [2.75, 3.05) is 60.0 Å². The highest BCUT2D eigenvalue weighted by atomic mass is 16.5. The molecule has 0 bridgehead atoms. The Bertz CT molecular complexity index is 433. The predicted molar refractivity (Wildman–Crippen MR) is 80.3 cm³/mol. The van der Waals surface area contributed by atoms with Crippen molar-refractivity contribution in [3.05, 3.63) is 0 Å². The molecule has 0 aliphatic carbocycles. The molecule has 0 aromatic heterocycles. The van der Waals surface area contributed by atoms with E-state index in [9.17, 15) is 14.4 Å². The van der Waals surface area contributed by atoms with Crippen molar-refractivity contribution in [2.45, 2.75) is 12.8 Å². The molecule has 7 nitrogen and oxygen atoms in total. The van der Waals surface area contributed by atoms with Crippen LogP contribution in [0.5, 0.6) is 0 Å². The zero-order valence-electron chi connectivity index (χ0n) is 13.4. The van der Waals surface area contributed by atoms with E-state index in [-0.39, 0.29) is 18.2 Å². The number of methoxy groups -OCH3 is 1. The van der Waals surface area contributed by atoms with Gasteiger partial charge in [0.1, 0.15) is 5.92 Å². The minimum atomic E-state index is -0.702. The zero-order chi connectivity index (χ0) is 16.1. The zero-order valence-corrected chi connectivity index (χ0v) is 13.4. The van der Waals surface area contributed by atoms with Gasteiger partial charge in [-0.05, 0) is 13.5 Å². The molecule has 2 saturated heterocycles. The molecule has 2 heterocycles. The average Bonchev–Trinajstić information content (AvgIpc) is 2.53. The number of nitrogens with zero attached hydrogens (tertiary/aromatic N) is 3. The van der Waals surface area contributed by atoms with Gasteiger partial charge in [-0.3, -0.25) is 14.4 Å². The lowest BCUT2D eigenvalue weighted by atomic mass is 9.95. The van der Waals surface area contributed by atoms with Crippen molar-refractivity contribution in [2.24, 2.45) is 5.92 Å². The summed E-state index contributed by atoms with van der Waals surface area (Å²) in [5, 5.41) is 0. The Morgan fingerprint density at radius 3 is 2.45 bits per heavy atom. The second-order valence-electron chi connectivity index (χ2n) is 6.04. The Kier molecular flexibility index (Phi) is 5.90. The lowest BCUT2D eigenvalue weighted by Gasteiger charge is -2.33. The van der Waals surface area contributed by atoms with Gasteiger partial charge in [-0.25, -0.2) is 0 Å². The number of esters is 1. The molecule has 0 N–H and O–H groups in total. The van der Waals surface area contributed by atoms with Crippen LogP contribution < -0.4 is 0 Å². The summed E-state index contributed by atoms with van der Waals surface area (Å²) < 4.78 is 4.62. The highest BCUT2D eigenvalue weighted by Gasteiger charge is 2.34. The fraction of sp³-hybridized carbons (Fsp3) is 0.800. The van der Waals surface area contributed by atoms with Gasteiger partial charge in [0, 0.05) is 45.7 Å². The first-order valence-corrected chi connectivity index (χ1v) is 7.80. The van der Waals surface area contributed by atoms with Crippen molar-refractivity contribution < 1.29 is 19.1 Å². The van der Waals surface area contributed by atoms with Crippen molar-refractivity contribution in [1.82, 2.24) is 14.7 Å². The Morgan fingerprint density at radius 2 is 1.86 bits per heavy atom. The topological polar surface area (TPSA) is 70.2 Å². The summed E-state index contributed by atoms with van der Waals surface area (Å²) in [5.41, 5.74) is 0. The SMILES string of the molecule is COC(=O)C1CCN(C(=O)CCN2CCN(C)CC2)CC1=O. The molecule has 0 radical (unpaired) electrons. The largest absolute Gasteiger partial charge is 0.468 e. The highest BCUT2D eigenvalue weighted by Crippen LogP contribution is 2.16. The molecule has 1 unspecified atom stereocenters. The van der Waals surface area contributed by atoms with E-state index in [0.717, 1.165) is 32.7 Å². The molecule has 1 amide bonds. The van der Waals surface area contributed by atoms with E-state index in [1.54, 1.807) is 4.90 Å². The molecule has 0 aromatic rings. The summed E-state index contributed by atoms with van der Waals surface area (Å²) in [6.07, 6.45) is 0.797. The van der Waals surface area contributed by atoms with Crippen LogP contribution in [-0.2, 0) is 19.1 Å². The molecule has 124 valence electrons. The second kappa shape index (κ2) is 7.69. The van der Waals surface area contributed by atoms with Crippen LogP contribution in [0.15, 0.2) is 0 Å². The van der Waals surface area contributed by atoms with E-state index in [0.29, 0.717) is 19.4 Å². The molecule has 22 heavy (non-hydrogen) atoms. The minimum Gasteiger partial charge on any atom is -0.468 e. The first-order valence-electron chi connectivity index (χ1n) is 7.80. The Hall–Kier alpha value is -1.47. The number of ketones is 1. The van der Waals surface area contributed by atoms with Gasteiger partial charge in [-0.1, -0.05) is 0 Å². The van der Waals surface area contributed by atoms with Gasteiger partial charge in [-0.15, -0.1) is 0 Å². The van der Waals surface area contributed by atoms with Crippen LogP contribution in [-0.4, -0.2) is 92.3 Å². The fourth-order valence-electron chi connectivity index (χ4n) is 2.91. The summed E-state index contributed by atoms with van der Waals surface area (Å²) in [5.74, 6) is -1.41. The number of rotatable bonds is 4. The van der Waals surface area contributed by atoms with Gasteiger partial charge in [0.05, 0.1) is 13.7 Å². The molecule has 1 atom stereocenters. The summed E-state index contributed by atoms with van der Waals surface area (Å²) in [4.78, 5) is 41.7. The molecule has 2 aliphatic rings. The highest BCUT2D eigenvalue weighted by molar-refractivity contribution is 6.01. The van der Waals surface area contributed by atoms with Gasteiger partial charge >= 0.3 is 5.97 Å². The standard InChI is InChI=1S/C15H25N3O4/c1-16-7-9-17(10-8-16)5-4-14(20)18-6-3-12(13(19)11-18)15(21)22-2/h12H,3-11H2,1-2H3. The van der Waals surface area contributed by atoms with Gasteiger partial charge in [0.15, 0.2) is 5.78 Å². The van der Waals surface area contributed by atoms with Crippen LogP contribution in [0.4, 0.5) is 0 Å². The molecule has 0 saturated carbocycles. The van der Waals surface area contributed by atoms with E-state index in [1.165, 1.54) is 7.11 Å². The third kappa shape index (κ3) is 4.27. The molecule has 2 rings (SSSR count). The number of piperidine rings is 1. The van der Waals surface area contributed by atoms with Crippen LogP contribution in [0.25, 0.3) is 0 Å². The monoisotopic (exact) mass is 311 g/mol. The Balaban J connectivity index is 1.75. The number of likely N-dealkylation sites (N-methyl/N-ethyl adjacent to an activating group) is 1. The molecular formula is C15H25N3O4. The number of carbonyl (C=O) groups excluding carboxylic acids is 3. The number of hydrogen-bond donors (Lipinski definition) is 0. The summed E-state index contributed by atoms with van der Waals surface area (Å²) in [6.45, 7) is 5.22. The first kappa shape index (κ1) is 16.9. The number of amides is 1. The summed E-state index contributed by atoms with van der Waals surface area (Å²) in [7, 11) is 3.38. The van der Waals surface area contributed by atoms with E-state index in [1.807, 2.05) is 0 Å². The van der Waals surface area contributed by atoms with E-state index >= 15 is 0 Å². The molecule has 0 spiro atoms. The summed E-state index contributed by atoms with van der Waals surface area (Å²) >= 11 is 0. The smallest absolute Gasteiger partial charge is 0.316 e. The van der Waals surface area contributed by atoms with Gasteiger partial charge in [0.25, 0.3) is 0 Å². The quantitative estimate of drug-likeness (QED) is 0.501. The van der Waals surface area contributed by atoms with Crippen LogP contribution in [0.1, 0.15) is 12.8 Å². The van der Waals surface area contributed by atoms with Crippen molar-refractivity contribution >= 4 is 17.7 Å². The first-order chi connectivity index (χ1) is 10.5. The van der Waals surface area contributed by atoms with Crippen molar-refractivity contribution in [1.29, 1.82) is 0 Å². The molecule has 2 fully saturated rings. The average molecular weight is 311 g/mol. The molecular weight excluding hydrogens is 286 g/mol. The Morgan fingerprint density at radius 1 is 1.18 bits per heavy atom. The number of piperazine rings is 1. The molecule has 0 aromatic carbocycles. The van der Waals surface area contributed by atoms with Crippen LogP contribution in [0.3, 0.4) is 0 Å². The minimum absolute atomic E-state index is 0.00408. The number of hydrogen-bond acceptors (Lipinski definition) is 6. The van der Waals surface area contributed by atoms with E-state index < -0.39 is 11.9 Å². The normalized spacial score (nSPS) is 24.4. The lowest BCUT2D eigenvalue weighted by Crippen LogP contribution is -2.48. The third-order valence-corrected chi connectivity index (χ3v) is 4.50.